The van der Waals surface area contributed by atoms with Crippen LogP contribution in [0.1, 0.15) is 20.3 Å². The summed E-state index contributed by atoms with van der Waals surface area (Å²) in [5, 5.41) is 0. The van der Waals surface area contributed by atoms with Crippen LogP contribution < -0.4 is 0 Å². The third-order valence-electron chi connectivity index (χ3n) is 1.60. The maximum atomic E-state index is 11.0. The van der Waals surface area contributed by atoms with Gasteiger partial charge in [0.25, 0.3) is 5.91 Å². The number of carbonyl (C=O) groups is 1. The molecule has 0 atom stereocenters. The molecule has 0 saturated carbocycles. The van der Waals surface area contributed by atoms with Gasteiger partial charge in [0.2, 0.25) is 0 Å². The topological polar surface area (TPSA) is 41.8 Å². The lowest BCUT2D eigenvalue weighted by Crippen LogP contribution is -2.05. The van der Waals surface area contributed by atoms with E-state index >= 15 is 0 Å². The Morgan fingerprint density at radius 3 is 2.64 bits per heavy atom. The van der Waals surface area contributed by atoms with Gasteiger partial charge in [-0.15, -0.1) is 0 Å². The van der Waals surface area contributed by atoms with Crippen LogP contribution in [-0.4, -0.2) is 18.3 Å². The van der Waals surface area contributed by atoms with Crippen LogP contribution in [0.2, 0.25) is 0 Å². The fourth-order valence-corrected chi connectivity index (χ4v) is 0.785. The first-order valence-corrected chi connectivity index (χ1v) is 3.56. The van der Waals surface area contributed by atoms with E-state index in [1.807, 2.05) is 13.8 Å². The molecule has 1 amide bonds. The van der Waals surface area contributed by atoms with Crippen molar-refractivity contribution >= 4 is 18.3 Å². The Bertz CT molecular complexity index is 261. The molecule has 0 N–H and O–H groups in total. The highest BCUT2D eigenvalue weighted by Crippen LogP contribution is 2.11. The minimum absolute atomic E-state index is 0.230. The van der Waals surface area contributed by atoms with E-state index in [9.17, 15) is 4.79 Å². The summed E-state index contributed by atoms with van der Waals surface area (Å²) in [7, 11) is 0. The first-order valence-electron chi connectivity index (χ1n) is 3.56. The molecule has 1 aliphatic rings. The summed E-state index contributed by atoms with van der Waals surface area (Å²) < 4.78 is 0. The van der Waals surface area contributed by atoms with Gasteiger partial charge in [-0.2, -0.15) is 0 Å². The smallest absolute Gasteiger partial charge is 0.265 e. The molecule has 11 heavy (non-hydrogen) atoms. The molecule has 58 valence electrons. The number of aliphatic imine (C=N–C) groups is 2. The minimum atomic E-state index is -0.230. The second kappa shape index (κ2) is 3.23. The van der Waals surface area contributed by atoms with E-state index < -0.39 is 0 Å². The molecule has 3 nitrogen and oxygen atoms in total. The summed E-state index contributed by atoms with van der Waals surface area (Å²) in [6, 6.07) is 0. The van der Waals surface area contributed by atoms with E-state index in [0.29, 0.717) is 5.70 Å². The van der Waals surface area contributed by atoms with Crippen LogP contribution >= 0.6 is 0 Å². The monoisotopic (exact) mass is 150 g/mol. The molecule has 0 saturated heterocycles. The van der Waals surface area contributed by atoms with Crippen molar-refractivity contribution in [1.29, 1.82) is 0 Å². The SMILES string of the molecule is CC/C(C)=C1\N=CC=NC1=O. The predicted molar refractivity (Wildman–Crippen MR) is 45.0 cm³/mol. The molecule has 0 radical (unpaired) electrons. The summed E-state index contributed by atoms with van der Waals surface area (Å²) in [4.78, 5) is 18.6. The van der Waals surface area contributed by atoms with Crippen molar-refractivity contribution in [1.82, 2.24) is 0 Å². The van der Waals surface area contributed by atoms with Crippen molar-refractivity contribution in [2.24, 2.45) is 9.98 Å². The Morgan fingerprint density at radius 1 is 1.45 bits per heavy atom. The maximum absolute atomic E-state index is 11.0. The molecular formula is C8H10N2O. The molecule has 0 aliphatic carbocycles. The second-order valence-corrected chi connectivity index (χ2v) is 2.34. The van der Waals surface area contributed by atoms with E-state index in [-0.39, 0.29) is 5.91 Å². The van der Waals surface area contributed by atoms with Crippen molar-refractivity contribution in [3.63, 3.8) is 0 Å². The molecule has 0 aromatic rings. The Balaban J connectivity index is 2.98. The summed E-state index contributed by atoms with van der Waals surface area (Å²) in [6.07, 6.45) is 3.79. The van der Waals surface area contributed by atoms with Crippen LogP contribution in [0.4, 0.5) is 0 Å². The predicted octanol–water partition coefficient (Wildman–Crippen LogP) is 1.35. The van der Waals surface area contributed by atoms with E-state index in [2.05, 4.69) is 9.98 Å². The van der Waals surface area contributed by atoms with Gasteiger partial charge in [0.05, 0.1) is 0 Å². The normalized spacial score (nSPS) is 20.7. The van der Waals surface area contributed by atoms with Crippen LogP contribution in [0.15, 0.2) is 21.3 Å². The Morgan fingerprint density at radius 2 is 2.09 bits per heavy atom. The Hall–Kier alpha value is -1.25. The molecule has 0 spiro atoms. The van der Waals surface area contributed by atoms with E-state index in [1.165, 1.54) is 12.4 Å². The zero-order valence-corrected chi connectivity index (χ0v) is 6.66. The third-order valence-corrected chi connectivity index (χ3v) is 1.60. The minimum Gasteiger partial charge on any atom is -0.265 e. The fraction of sp³-hybridized carbons (Fsp3) is 0.375. The quantitative estimate of drug-likeness (QED) is 0.520. The lowest BCUT2D eigenvalue weighted by atomic mass is 10.2. The number of nitrogens with zero attached hydrogens (tertiary/aromatic N) is 2. The molecular weight excluding hydrogens is 140 g/mol. The average Bonchev–Trinajstić information content (AvgIpc) is 2.04. The number of hydrogen-bond acceptors (Lipinski definition) is 2. The van der Waals surface area contributed by atoms with Crippen LogP contribution in [0.3, 0.4) is 0 Å². The molecule has 0 aromatic carbocycles. The van der Waals surface area contributed by atoms with Gasteiger partial charge in [-0.3, -0.25) is 4.79 Å². The van der Waals surface area contributed by atoms with Crippen LogP contribution in [0.5, 0.6) is 0 Å². The van der Waals surface area contributed by atoms with Crippen molar-refractivity contribution in [2.75, 3.05) is 0 Å². The molecule has 1 heterocycles. The van der Waals surface area contributed by atoms with Gasteiger partial charge in [0.1, 0.15) is 5.70 Å². The third kappa shape index (κ3) is 1.61. The Labute approximate surface area is 65.6 Å². The molecule has 1 rings (SSSR count). The number of rotatable bonds is 1. The van der Waals surface area contributed by atoms with Crippen molar-refractivity contribution in [3.8, 4) is 0 Å². The van der Waals surface area contributed by atoms with E-state index in [4.69, 9.17) is 0 Å². The highest BCUT2D eigenvalue weighted by atomic mass is 16.1. The summed E-state index contributed by atoms with van der Waals surface area (Å²) in [5.41, 5.74) is 1.48. The highest BCUT2D eigenvalue weighted by molar-refractivity contribution is 6.23. The van der Waals surface area contributed by atoms with Gasteiger partial charge in [-0.1, -0.05) is 6.92 Å². The van der Waals surface area contributed by atoms with Crippen molar-refractivity contribution < 1.29 is 4.79 Å². The molecule has 0 bridgehead atoms. The van der Waals surface area contributed by atoms with Gasteiger partial charge >= 0.3 is 0 Å². The highest BCUT2D eigenvalue weighted by Gasteiger charge is 2.10. The molecule has 0 aromatic heterocycles. The summed E-state index contributed by atoms with van der Waals surface area (Å²) in [5.74, 6) is -0.230. The number of allylic oxidation sites excluding steroid dienone is 1. The first kappa shape index (κ1) is 7.85. The van der Waals surface area contributed by atoms with Crippen molar-refractivity contribution in [2.45, 2.75) is 20.3 Å². The van der Waals surface area contributed by atoms with Gasteiger partial charge in [-0.25, -0.2) is 9.98 Å². The van der Waals surface area contributed by atoms with Gasteiger partial charge in [-0.05, 0) is 18.9 Å². The molecule has 0 unspecified atom stereocenters. The summed E-state index contributed by atoms with van der Waals surface area (Å²) in [6.45, 7) is 3.88. The maximum Gasteiger partial charge on any atom is 0.295 e. The van der Waals surface area contributed by atoms with E-state index in [0.717, 1.165) is 12.0 Å². The number of hydrogen-bond donors (Lipinski definition) is 0. The average molecular weight is 150 g/mol. The summed E-state index contributed by atoms with van der Waals surface area (Å²) >= 11 is 0. The van der Waals surface area contributed by atoms with Crippen molar-refractivity contribution in [3.05, 3.63) is 11.3 Å². The zero-order chi connectivity index (χ0) is 8.27. The standard InChI is InChI=1S/C8H10N2O/c1-3-6(2)7-8(11)10-5-4-9-7/h4-5H,3H2,1-2H3/b7-6-. The van der Waals surface area contributed by atoms with Crippen LogP contribution in [-0.2, 0) is 4.79 Å². The lowest BCUT2D eigenvalue weighted by Gasteiger charge is -2.02. The van der Waals surface area contributed by atoms with E-state index in [1.54, 1.807) is 0 Å². The van der Waals surface area contributed by atoms with Gasteiger partial charge in [0, 0.05) is 12.4 Å². The lowest BCUT2D eigenvalue weighted by molar-refractivity contribution is -0.114. The number of amides is 1. The van der Waals surface area contributed by atoms with Crippen LogP contribution in [0.25, 0.3) is 0 Å². The Kier molecular flexibility index (Phi) is 2.31. The largest absolute Gasteiger partial charge is 0.295 e. The fourth-order valence-electron chi connectivity index (χ4n) is 0.785. The zero-order valence-electron chi connectivity index (χ0n) is 6.66. The first-order chi connectivity index (χ1) is 5.25. The van der Waals surface area contributed by atoms with Gasteiger partial charge in [0.15, 0.2) is 0 Å². The number of carbonyl (C=O) groups excluding carboxylic acids is 1. The molecule has 3 heteroatoms. The molecule has 1 aliphatic heterocycles. The van der Waals surface area contributed by atoms with Crippen LogP contribution in [0, 0.1) is 0 Å². The van der Waals surface area contributed by atoms with Gasteiger partial charge < -0.3 is 0 Å². The second-order valence-electron chi connectivity index (χ2n) is 2.34. The molecule has 0 fully saturated rings.